The molecule has 0 amide bonds. The van der Waals surface area contributed by atoms with E-state index in [0.29, 0.717) is 5.92 Å². The maximum absolute atomic E-state index is 6.36. The smallest absolute Gasteiger partial charge is 0.119 e. The minimum atomic E-state index is 0.107. The summed E-state index contributed by atoms with van der Waals surface area (Å²) in [5.41, 5.74) is 2.42. The lowest BCUT2D eigenvalue weighted by atomic mass is 9.98. The van der Waals surface area contributed by atoms with Crippen LogP contribution in [-0.2, 0) is 0 Å². The summed E-state index contributed by atoms with van der Waals surface area (Å²) in [5.74, 6) is 1.51. The first-order chi connectivity index (χ1) is 7.04. The Hall–Kier alpha value is -0.690. The standard InChI is InChI=1S/C13H19ClO/c1-9(2)7-13(14)12-6-5-11(15-4)8-10(12)3/h5-6,8-9,13H,7H2,1-4H3. The van der Waals surface area contributed by atoms with Gasteiger partial charge in [-0.3, -0.25) is 0 Å². The van der Waals surface area contributed by atoms with E-state index >= 15 is 0 Å². The second-order valence-corrected chi connectivity index (χ2v) is 4.85. The van der Waals surface area contributed by atoms with E-state index in [1.54, 1.807) is 7.11 Å². The molecule has 0 radical (unpaired) electrons. The molecule has 0 heterocycles. The summed E-state index contributed by atoms with van der Waals surface area (Å²) in [6, 6.07) is 6.07. The summed E-state index contributed by atoms with van der Waals surface area (Å²) in [4.78, 5) is 0. The van der Waals surface area contributed by atoms with Gasteiger partial charge in [-0.05, 0) is 42.5 Å². The summed E-state index contributed by atoms with van der Waals surface area (Å²) >= 11 is 6.36. The lowest BCUT2D eigenvalue weighted by molar-refractivity contribution is 0.414. The van der Waals surface area contributed by atoms with Crippen LogP contribution in [0.3, 0.4) is 0 Å². The lowest BCUT2D eigenvalue weighted by Gasteiger charge is -2.15. The quantitative estimate of drug-likeness (QED) is 0.695. The predicted molar refractivity (Wildman–Crippen MR) is 65.8 cm³/mol. The van der Waals surface area contributed by atoms with Crippen LogP contribution in [0.15, 0.2) is 18.2 Å². The molecule has 1 unspecified atom stereocenters. The highest BCUT2D eigenvalue weighted by molar-refractivity contribution is 6.20. The zero-order valence-corrected chi connectivity index (χ0v) is 10.6. The van der Waals surface area contributed by atoms with Crippen molar-refractivity contribution >= 4 is 11.6 Å². The van der Waals surface area contributed by atoms with E-state index < -0.39 is 0 Å². The third-order valence-electron chi connectivity index (χ3n) is 2.49. The molecular weight excluding hydrogens is 208 g/mol. The fourth-order valence-electron chi connectivity index (χ4n) is 1.67. The topological polar surface area (TPSA) is 9.23 Å². The Balaban J connectivity index is 2.85. The molecule has 0 aliphatic heterocycles. The van der Waals surface area contributed by atoms with Gasteiger partial charge >= 0.3 is 0 Å². The van der Waals surface area contributed by atoms with Gasteiger partial charge in [-0.1, -0.05) is 19.9 Å². The maximum atomic E-state index is 6.36. The monoisotopic (exact) mass is 226 g/mol. The van der Waals surface area contributed by atoms with Gasteiger partial charge in [-0.25, -0.2) is 0 Å². The first kappa shape index (κ1) is 12.4. The van der Waals surface area contributed by atoms with E-state index in [2.05, 4.69) is 26.8 Å². The molecule has 0 aliphatic carbocycles. The number of hydrogen-bond acceptors (Lipinski definition) is 1. The van der Waals surface area contributed by atoms with Gasteiger partial charge < -0.3 is 4.74 Å². The summed E-state index contributed by atoms with van der Waals surface area (Å²) in [7, 11) is 1.68. The molecule has 0 N–H and O–H groups in total. The van der Waals surface area contributed by atoms with Crippen molar-refractivity contribution in [1.82, 2.24) is 0 Å². The molecule has 0 aliphatic rings. The number of ether oxygens (including phenoxy) is 1. The zero-order chi connectivity index (χ0) is 11.4. The van der Waals surface area contributed by atoms with E-state index in [1.165, 1.54) is 11.1 Å². The van der Waals surface area contributed by atoms with Crippen molar-refractivity contribution in [1.29, 1.82) is 0 Å². The highest BCUT2D eigenvalue weighted by atomic mass is 35.5. The summed E-state index contributed by atoms with van der Waals surface area (Å²) < 4.78 is 5.17. The summed E-state index contributed by atoms with van der Waals surface area (Å²) in [6.07, 6.45) is 1.01. The molecule has 0 bridgehead atoms. The van der Waals surface area contributed by atoms with Crippen LogP contribution in [0.25, 0.3) is 0 Å². The van der Waals surface area contributed by atoms with Crippen LogP contribution in [0.2, 0.25) is 0 Å². The van der Waals surface area contributed by atoms with Crippen LogP contribution in [0.4, 0.5) is 0 Å². The Bertz CT molecular complexity index is 320. The van der Waals surface area contributed by atoms with Gasteiger partial charge in [0, 0.05) is 0 Å². The highest BCUT2D eigenvalue weighted by Gasteiger charge is 2.12. The molecule has 1 rings (SSSR count). The number of alkyl halides is 1. The van der Waals surface area contributed by atoms with Gasteiger partial charge in [0.2, 0.25) is 0 Å². The highest BCUT2D eigenvalue weighted by Crippen LogP contribution is 2.31. The molecule has 0 fully saturated rings. The Morgan fingerprint density at radius 3 is 2.47 bits per heavy atom. The Labute approximate surface area is 97.4 Å². The molecule has 15 heavy (non-hydrogen) atoms. The first-order valence-corrected chi connectivity index (χ1v) is 5.76. The average molecular weight is 227 g/mol. The molecule has 1 nitrogen and oxygen atoms in total. The fraction of sp³-hybridized carbons (Fsp3) is 0.538. The van der Waals surface area contributed by atoms with E-state index in [0.717, 1.165) is 12.2 Å². The SMILES string of the molecule is COc1ccc(C(Cl)CC(C)C)c(C)c1. The number of aryl methyl sites for hydroxylation is 1. The van der Waals surface area contributed by atoms with Gasteiger partial charge in [0.1, 0.15) is 5.75 Å². The first-order valence-electron chi connectivity index (χ1n) is 5.33. The Morgan fingerprint density at radius 2 is 2.00 bits per heavy atom. The third kappa shape index (κ3) is 3.42. The number of halogens is 1. The molecule has 1 atom stereocenters. The van der Waals surface area contributed by atoms with Crippen molar-refractivity contribution in [3.8, 4) is 5.75 Å². The van der Waals surface area contributed by atoms with Crippen LogP contribution in [0.5, 0.6) is 5.75 Å². The van der Waals surface area contributed by atoms with Crippen molar-refractivity contribution in [2.24, 2.45) is 5.92 Å². The predicted octanol–water partition coefficient (Wildman–Crippen LogP) is 4.33. The number of rotatable bonds is 4. The van der Waals surface area contributed by atoms with Crippen LogP contribution in [0.1, 0.15) is 36.8 Å². The molecule has 2 heteroatoms. The normalized spacial score (nSPS) is 12.9. The van der Waals surface area contributed by atoms with Gasteiger partial charge in [0.15, 0.2) is 0 Å². The maximum Gasteiger partial charge on any atom is 0.119 e. The van der Waals surface area contributed by atoms with Gasteiger partial charge in [-0.15, -0.1) is 11.6 Å². The minimum Gasteiger partial charge on any atom is -0.497 e. The number of benzene rings is 1. The minimum absolute atomic E-state index is 0.107. The molecule has 0 saturated carbocycles. The molecule has 0 spiro atoms. The molecule has 0 aromatic heterocycles. The average Bonchev–Trinajstić information content (AvgIpc) is 2.16. The molecule has 1 aromatic carbocycles. The second-order valence-electron chi connectivity index (χ2n) is 4.32. The summed E-state index contributed by atoms with van der Waals surface area (Å²) in [6.45, 7) is 6.45. The van der Waals surface area contributed by atoms with Gasteiger partial charge in [0.05, 0.1) is 12.5 Å². The summed E-state index contributed by atoms with van der Waals surface area (Å²) in [5, 5.41) is 0.107. The van der Waals surface area contributed by atoms with E-state index in [-0.39, 0.29) is 5.38 Å². The van der Waals surface area contributed by atoms with Crippen LogP contribution >= 0.6 is 11.6 Å². The van der Waals surface area contributed by atoms with Crippen LogP contribution in [0, 0.1) is 12.8 Å². The molecule has 0 saturated heterocycles. The van der Waals surface area contributed by atoms with E-state index in [4.69, 9.17) is 16.3 Å². The largest absolute Gasteiger partial charge is 0.497 e. The Kier molecular flexibility index (Phi) is 4.46. The van der Waals surface area contributed by atoms with E-state index in [1.807, 2.05) is 12.1 Å². The Morgan fingerprint density at radius 1 is 1.33 bits per heavy atom. The van der Waals surface area contributed by atoms with Gasteiger partial charge in [0.25, 0.3) is 0 Å². The molecule has 84 valence electrons. The lowest BCUT2D eigenvalue weighted by Crippen LogP contribution is -1.99. The molecule has 1 aromatic rings. The second kappa shape index (κ2) is 5.41. The van der Waals surface area contributed by atoms with E-state index in [9.17, 15) is 0 Å². The van der Waals surface area contributed by atoms with Crippen LogP contribution < -0.4 is 4.74 Å². The number of methoxy groups -OCH3 is 1. The van der Waals surface area contributed by atoms with Crippen LogP contribution in [-0.4, -0.2) is 7.11 Å². The fourth-order valence-corrected chi connectivity index (χ4v) is 2.27. The zero-order valence-electron chi connectivity index (χ0n) is 9.88. The van der Waals surface area contributed by atoms with Crippen molar-refractivity contribution < 1.29 is 4.74 Å². The van der Waals surface area contributed by atoms with Crippen molar-refractivity contribution in [2.75, 3.05) is 7.11 Å². The third-order valence-corrected chi connectivity index (χ3v) is 2.91. The van der Waals surface area contributed by atoms with Crippen molar-refractivity contribution in [3.63, 3.8) is 0 Å². The number of hydrogen-bond donors (Lipinski definition) is 0. The van der Waals surface area contributed by atoms with Crippen molar-refractivity contribution in [2.45, 2.75) is 32.6 Å². The van der Waals surface area contributed by atoms with Crippen molar-refractivity contribution in [3.05, 3.63) is 29.3 Å². The molecular formula is C13H19ClO. The van der Waals surface area contributed by atoms with Gasteiger partial charge in [-0.2, -0.15) is 0 Å².